The van der Waals surface area contributed by atoms with Crippen LogP contribution in [0.3, 0.4) is 0 Å². The van der Waals surface area contributed by atoms with E-state index in [1.807, 2.05) is 7.05 Å². The summed E-state index contributed by atoms with van der Waals surface area (Å²) in [5.74, 6) is 2.10. The zero-order valence-electron chi connectivity index (χ0n) is 14.7. The molecule has 1 aromatic carbocycles. The van der Waals surface area contributed by atoms with Crippen molar-refractivity contribution in [2.45, 2.75) is 26.2 Å². The van der Waals surface area contributed by atoms with Crippen LogP contribution in [0.4, 0.5) is 0 Å². The molecule has 0 bridgehead atoms. The molecular weight excluding hydrogens is 401 g/mol. The van der Waals surface area contributed by atoms with E-state index in [1.165, 1.54) is 17.5 Å². The lowest BCUT2D eigenvalue weighted by molar-refractivity contribution is 0.157. The van der Waals surface area contributed by atoms with Gasteiger partial charge in [0.05, 0.1) is 6.61 Å². The van der Waals surface area contributed by atoms with E-state index in [1.54, 1.807) is 7.11 Å². The molecule has 130 valence electrons. The van der Waals surface area contributed by atoms with Crippen LogP contribution in [0.5, 0.6) is 0 Å². The molecular formula is C18H30IN3O. The van der Waals surface area contributed by atoms with E-state index in [0.717, 1.165) is 32.2 Å². The second-order valence-electron chi connectivity index (χ2n) is 6.30. The third-order valence-corrected chi connectivity index (χ3v) is 4.41. The van der Waals surface area contributed by atoms with Crippen molar-refractivity contribution in [1.82, 2.24) is 10.2 Å². The van der Waals surface area contributed by atoms with Gasteiger partial charge in [-0.3, -0.25) is 4.99 Å². The quantitative estimate of drug-likeness (QED) is 0.442. The highest BCUT2D eigenvalue weighted by atomic mass is 127. The zero-order chi connectivity index (χ0) is 15.9. The number of rotatable bonds is 5. The average Bonchev–Trinajstić information content (AvgIpc) is 2.97. The van der Waals surface area contributed by atoms with Gasteiger partial charge in [0.25, 0.3) is 0 Å². The summed E-state index contributed by atoms with van der Waals surface area (Å²) in [6, 6.07) is 8.79. The maximum Gasteiger partial charge on any atom is 0.193 e. The second-order valence-corrected chi connectivity index (χ2v) is 6.30. The number of ether oxygens (including phenoxy) is 1. The highest BCUT2D eigenvalue weighted by Crippen LogP contribution is 2.18. The molecule has 0 amide bonds. The first kappa shape index (κ1) is 20.2. The molecule has 2 rings (SSSR count). The number of guanidine groups is 1. The van der Waals surface area contributed by atoms with Crippen LogP contribution in [-0.4, -0.2) is 51.3 Å². The molecule has 0 radical (unpaired) electrons. The Balaban J connectivity index is 0.00000264. The number of nitrogens with one attached hydrogen (secondary N) is 1. The first-order chi connectivity index (χ1) is 10.6. The maximum absolute atomic E-state index is 5.27. The van der Waals surface area contributed by atoms with Gasteiger partial charge in [0.1, 0.15) is 0 Å². The molecule has 1 aliphatic heterocycles. The van der Waals surface area contributed by atoms with Crippen LogP contribution >= 0.6 is 24.0 Å². The molecule has 2 atom stereocenters. The largest absolute Gasteiger partial charge is 0.384 e. The summed E-state index contributed by atoms with van der Waals surface area (Å²) >= 11 is 0. The van der Waals surface area contributed by atoms with Gasteiger partial charge in [-0.2, -0.15) is 0 Å². The zero-order valence-corrected chi connectivity index (χ0v) is 17.0. The summed E-state index contributed by atoms with van der Waals surface area (Å²) in [6.07, 6.45) is 1.18. The fourth-order valence-corrected chi connectivity index (χ4v) is 2.99. The third kappa shape index (κ3) is 5.95. The van der Waals surface area contributed by atoms with Crippen LogP contribution in [0.1, 0.15) is 30.4 Å². The van der Waals surface area contributed by atoms with E-state index >= 15 is 0 Å². The third-order valence-electron chi connectivity index (χ3n) is 4.41. The van der Waals surface area contributed by atoms with Gasteiger partial charge in [-0.05, 0) is 24.8 Å². The summed E-state index contributed by atoms with van der Waals surface area (Å²) in [6.45, 7) is 8.22. The minimum Gasteiger partial charge on any atom is -0.384 e. The van der Waals surface area contributed by atoms with Crippen LogP contribution < -0.4 is 5.32 Å². The van der Waals surface area contributed by atoms with E-state index < -0.39 is 0 Å². The molecule has 0 aromatic heterocycles. The number of likely N-dealkylation sites (tertiary alicyclic amines) is 1. The van der Waals surface area contributed by atoms with Crippen molar-refractivity contribution < 1.29 is 4.74 Å². The van der Waals surface area contributed by atoms with Crippen LogP contribution in [0.25, 0.3) is 0 Å². The number of benzene rings is 1. The number of methoxy groups -OCH3 is 1. The van der Waals surface area contributed by atoms with E-state index in [0.29, 0.717) is 11.8 Å². The predicted molar refractivity (Wildman–Crippen MR) is 108 cm³/mol. The molecule has 1 heterocycles. The molecule has 0 saturated carbocycles. The summed E-state index contributed by atoms with van der Waals surface area (Å²) in [4.78, 5) is 6.77. The Labute approximate surface area is 157 Å². The van der Waals surface area contributed by atoms with Gasteiger partial charge in [0.2, 0.25) is 0 Å². The van der Waals surface area contributed by atoms with Gasteiger partial charge in [-0.25, -0.2) is 0 Å². The van der Waals surface area contributed by atoms with E-state index in [-0.39, 0.29) is 24.0 Å². The van der Waals surface area contributed by atoms with Crippen LogP contribution in [-0.2, 0) is 4.74 Å². The topological polar surface area (TPSA) is 36.9 Å². The van der Waals surface area contributed by atoms with Crippen molar-refractivity contribution in [3.63, 3.8) is 0 Å². The van der Waals surface area contributed by atoms with Crippen molar-refractivity contribution in [2.75, 3.05) is 40.4 Å². The first-order valence-electron chi connectivity index (χ1n) is 8.15. The van der Waals surface area contributed by atoms with Gasteiger partial charge in [-0.15, -0.1) is 24.0 Å². The summed E-state index contributed by atoms with van der Waals surface area (Å²) < 4.78 is 5.27. The fourth-order valence-electron chi connectivity index (χ4n) is 2.99. The summed E-state index contributed by atoms with van der Waals surface area (Å²) in [5.41, 5.74) is 2.67. The Hall–Kier alpha value is -0.820. The highest BCUT2D eigenvalue weighted by molar-refractivity contribution is 14.0. The lowest BCUT2D eigenvalue weighted by Gasteiger charge is -2.23. The molecule has 1 N–H and O–H groups in total. The number of hydrogen-bond donors (Lipinski definition) is 1. The molecule has 1 aromatic rings. The van der Waals surface area contributed by atoms with Crippen molar-refractivity contribution in [1.29, 1.82) is 0 Å². The molecule has 1 aliphatic rings. The van der Waals surface area contributed by atoms with E-state index in [2.05, 4.69) is 53.3 Å². The number of aliphatic imine (C=N–C) groups is 1. The molecule has 4 nitrogen and oxygen atoms in total. The molecule has 2 unspecified atom stereocenters. The molecule has 1 saturated heterocycles. The lowest BCUT2D eigenvalue weighted by atomic mass is 10.0. The number of halogens is 1. The van der Waals surface area contributed by atoms with Gasteiger partial charge < -0.3 is 15.0 Å². The van der Waals surface area contributed by atoms with Crippen molar-refractivity contribution >= 4 is 29.9 Å². The van der Waals surface area contributed by atoms with Crippen LogP contribution in [0, 0.1) is 12.8 Å². The van der Waals surface area contributed by atoms with E-state index in [4.69, 9.17) is 4.74 Å². The van der Waals surface area contributed by atoms with Crippen LogP contribution in [0.15, 0.2) is 29.3 Å². The molecule has 1 fully saturated rings. The monoisotopic (exact) mass is 431 g/mol. The molecule has 0 spiro atoms. The Morgan fingerprint density at radius 3 is 2.70 bits per heavy atom. The Morgan fingerprint density at radius 1 is 1.39 bits per heavy atom. The van der Waals surface area contributed by atoms with Crippen molar-refractivity contribution in [2.24, 2.45) is 10.9 Å². The number of aryl methyl sites for hydroxylation is 1. The predicted octanol–water partition coefficient (Wildman–Crippen LogP) is 3.26. The van der Waals surface area contributed by atoms with Crippen molar-refractivity contribution in [3.8, 4) is 0 Å². The molecule has 0 aliphatic carbocycles. The minimum atomic E-state index is 0. The lowest BCUT2D eigenvalue weighted by Crippen LogP contribution is -2.41. The summed E-state index contributed by atoms with van der Waals surface area (Å²) in [7, 11) is 3.64. The molecule has 5 heteroatoms. The highest BCUT2D eigenvalue weighted by Gasteiger charge is 2.24. The fraction of sp³-hybridized carbons (Fsp3) is 0.611. The van der Waals surface area contributed by atoms with Crippen molar-refractivity contribution in [3.05, 3.63) is 35.4 Å². The smallest absolute Gasteiger partial charge is 0.193 e. The van der Waals surface area contributed by atoms with Gasteiger partial charge in [0.15, 0.2) is 5.96 Å². The Kier molecular flexibility index (Phi) is 8.91. The summed E-state index contributed by atoms with van der Waals surface area (Å²) in [5, 5.41) is 3.52. The Bertz CT molecular complexity index is 490. The average molecular weight is 431 g/mol. The van der Waals surface area contributed by atoms with Gasteiger partial charge in [0, 0.05) is 39.7 Å². The molecule has 23 heavy (non-hydrogen) atoms. The van der Waals surface area contributed by atoms with E-state index in [9.17, 15) is 0 Å². The first-order valence-corrected chi connectivity index (χ1v) is 8.15. The number of hydrogen-bond acceptors (Lipinski definition) is 2. The second kappa shape index (κ2) is 10.1. The number of nitrogens with zero attached hydrogens (tertiary/aromatic N) is 2. The van der Waals surface area contributed by atoms with Gasteiger partial charge >= 0.3 is 0 Å². The van der Waals surface area contributed by atoms with Crippen LogP contribution in [0.2, 0.25) is 0 Å². The SMILES string of the molecule is CN=C(NCC(C)c1ccc(C)cc1)N1CCC(COC)C1.I. The van der Waals surface area contributed by atoms with Gasteiger partial charge in [-0.1, -0.05) is 36.8 Å². The Morgan fingerprint density at radius 2 is 2.09 bits per heavy atom. The maximum atomic E-state index is 5.27. The minimum absolute atomic E-state index is 0. The normalized spacial score (nSPS) is 19.4. The standard InChI is InChI=1S/C18H29N3O.HI/c1-14-5-7-17(8-6-14)15(2)11-20-18(19-3)21-10-9-16(12-21)13-22-4;/h5-8,15-16H,9-13H2,1-4H3,(H,19,20);1H.